The summed E-state index contributed by atoms with van der Waals surface area (Å²) in [5, 5.41) is 4.83. The van der Waals surface area contributed by atoms with Crippen LogP contribution in [0.1, 0.15) is 37.0 Å². The first-order valence-corrected chi connectivity index (χ1v) is 11.7. The van der Waals surface area contributed by atoms with Crippen LogP contribution in [0.15, 0.2) is 42.0 Å². The maximum atomic E-state index is 4.65. The number of thiazole rings is 1. The average molecular weight is 409 g/mol. The highest BCUT2D eigenvalue weighted by atomic mass is 32.1. The van der Waals surface area contributed by atoms with Gasteiger partial charge in [-0.1, -0.05) is 6.92 Å². The van der Waals surface area contributed by atoms with Crippen molar-refractivity contribution in [3.63, 3.8) is 0 Å². The molecule has 0 radical (unpaired) electrons. The Morgan fingerprint density at radius 1 is 1.21 bits per heavy atom. The Hall–Kier alpha value is -2.02. The van der Waals surface area contributed by atoms with E-state index in [2.05, 4.69) is 57.4 Å². The predicted octanol–water partition coefficient (Wildman–Crippen LogP) is 6.24. The van der Waals surface area contributed by atoms with Gasteiger partial charge in [-0.3, -0.25) is 0 Å². The summed E-state index contributed by atoms with van der Waals surface area (Å²) in [6.45, 7) is 5.92. The molecule has 4 heterocycles. The molecule has 0 aliphatic carbocycles. The molecule has 1 saturated heterocycles. The molecule has 144 valence electrons. The monoisotopic (exact) mass is 408 g/mol. The highest BCUT2D eigenvalue weighted by Crippen LogP contribution is 2.38. The zero-order valence-corrected chi connectivity index (χ0v) is 17.7. The summed E-state index contributed by atoms with van der Waals surface area (Å²) >= 11 is 3.54. The van der Waals surface area contributed by atoms with Crippen molar-refractivity contribution in [3.05, 3.63) is 46.9 Å². The van der Waals surface area contributed by atoms with Gasteiger partial charge in [-0.15, -0.1) is 22.7 Å². The Bertz CT molecular complexity index is 1100. The van der Waals surface area contributed by atoms with E-state index < -0.39 is 0 Å². The minimum Gasteiger partial charge on any atom is -0.355 e. The molecule has 3 aromatic heterocycles. The molecule has 1 aliphatic rings. The summed E-state index contributed by atoms with van der Waals surface area (Å²) in [6.07, 6.45) is 5.73. The predicted molar refractivity (Wildman–Crippen MR) is 121 cm³/mol. The number of aromatic nitrogens is 2. The van der Waals surface area contributed by atoms with E-state index >= 15 is 0 Å². The number of likely N-dealkylation sites (tertiary alicyclic amines) is 1. The lowest BCUT2D eigenvalue weighted by atomic mass is 9.96. The van der Waals surface area contributed by atoms with Crippen LogP contribution in [0.2, 0.25) is 0 Å². The number of nitrogens with zero attached hydrogens (tertiary/aromatic N) is 3. The van der Waals surface area contributed by atoms with Crippen LogP contribution in [0.4, 0.5) is 11.4 Å². The molecule has 0 bridgehead atoms. The molecule has 5 rings (SSSR count). The molecule has 1 aromatic carbocycles. The smallest absolute Gasteiger partial charge is 0.125 e. The highest BCUT2D eigenvalue weighted by Gasteiger charge is 2.23. The fraction of sp³-hybridized carbons (Fsp3) is 0.364. The Balaban J connectivity index is 1.43. The molecule has 1 aliphatic heterocycles. The molecule has 6 heteroatoms. The summed E-state index contributed by atoms with van der Waals surface area (Å²) in [5.41, 5.74) is 5.15. The van der Waals surface area contributed by atoms with E-state index in [-0.39, 0.29) is 0 Å². The number of fused-ring (bicyclic) bond motifs is 2. The van der Waals surface area contributed by atoms with Gasteiger partial charge in [0.2, 0.25) is 0 Å². The number of hydrogen-bond donors (Lipinski definition) is 1. The van der Waals surface area contributed by atoms with Crippen LogP contribution in [0.5, 0.6) is 0 Å². The van der Waals surface area contributed by atoms with E-state index in [1.165, 1.54) is 53.9 Å². The summed E-state index contributed by atoms with van der Waals surface area (Å²) in [6, 6.07) is 10.8. The van der Waals surface area contributed by atoms with Crippen LogP contribution in [-0.4, -0.2) is 34.5 Å². The van der Waals surface area contributed by atoms with Gasteiger partial charge in [0.05, 0.1) is 21.4 Å². The van der Waals surface area contributed by atoms with Crippen molar-refractivity contribution in [2.24, 2.45) is 0 Å². The minimum absolute atomic E-state index is 0.638. The number of hydrogen-bond acceptors (Lipinski definition) is 6. The Kier molecular flexibility index (Phi) is 5.01. The van der Waals surface area contributed by atoms with E-state index in [0.717, 1.165) is 21.7 Å². The lowest BCUT2D eigenvalue weighted by Gasteiger charge is -2.31. The second-order valence-electron chi connectivity index (χ2n) is 7.53. The lowest BCUT2D eigenvalue weighted by Crippen LogP contribution is -2.34. The lowest BCUT2D eigenvalue weighted by molar-refractivity contribution is 0.210. The van der Waals surface area contributed by atoms with Gasteiger partial charge in [0.1, 0.15) is 4.83 Å². The number of nitrogens with one attached hydrogen (secondary N) is 1. The molecule has 1 fully saturated rings. The van der Waals surface area contributed by atoms with Crippen LogP contribution < -0.4 is 5.32 Å². The third kappa shape index (κ3) is 3.52. The zero-order valence-electron chi connectivity index (χ0n) is 16.0. The van der Waals surface area contributed by atoms with Crippen LogP contribution >= 0.6 is 22.7 Å². The molecule has 4 nitrogen and oxygen atoms in total. The number of benzene rings is 1. The Labute approximate surface area is 173 Å². The Morgan fingerprint density at radius 3 is 3.11 bits per heavy atom. The van der Waals surface area contributed by atoms with Gasteiger partial charge in [-0.2, -0.15) is 0 Å². The first-order valence-electron chi connectivity index (χ1n) is 10.0. The number of pyridine rings is 1. The van der Waals surface area contributed by atoms with Gasteiger partial charge in [0, 0.05) is 34.6 Å². The third-order valence-corrected chi connectivity index (χ3v) is 7.53. The standard InChI is InChI=1S/C22H24N4S2/c1-2-9-26-10-3-4-15(13-26)21-12-17-18(7-8-23-22(17)28-21)25-16-5-6-20-19(11-16)24-14-27-20/h5-8,11-12,14-15H,2-4,9-10,13H2,1H3,(H,23,25)/t15-/m0/s1. The largest absolute Gasteiger partial charge is 0.355 e. The molecule has 0 saturated carbocycles. The zero-order chi connectivity index (χ0) is 18.9. The van der Waals surface area contributed by atoms with E-state index in [1.807, 2.05) is 23.0 Å². The number of anilines is 2. The van der Waals surface area contributed by atoms with Crippen molar-refractivity contribution in [1.82, 2.24) is 14.9 Å². The fourth-order valence-electron chi connectivity index (χ4n) is 4.17. The maximum absolute atomic E-state index is 4.65. The van der Waals surface area contributed by atoms with Gasteiger partial charge >= 0.3 is 0 Å². The summed E-state index contributed by atoms with van der Waals surface area (Å²) in [5.74, 6) is 0.638. The SMILES string of the molecule is CCCN1CCC[C@H](c2cc3c(Nc4ccc5scnc5c4)ccnc3s2)C1. The number of piperidine rings is 1. The first kappa shape index (κ1) is 18.0. The van der Waals surface area contributed by atoms with Gasteiger partial charge in [0.15, 0.2) is 0 Å². The van der Waals surface area contributed by atoms with Crippen LogP contribution in [-0.2, 0) is 0 Å². The van der Waals surface area contributed by atoms with Crippen LogP contribution in [0.3, 0.4) is 0 Å². The topological polar surface area (TPSA) is 41.0 Å². The van der Waals surface area contributed by atoms with E-state index in [1.54, 1.807) is 11.3 Å². The maximum Gasteiger partial charge on any atom is 0.125 e. The van der Waals surface area contributed by atoms with Crippen molar-refractivity contribution >= 4 is 54.5 Å². The van der Waals surface area contributed by atoms with Crippen molar-refractivity contribution in [2.45, 2.75) is 32.1 Å². The summed E-state index contributed by atoms with van der Waals surface area (Å²) < 4.78 is 1.22. The van der Waals surface area contributed by atoms with Crippen molar-refractivity contribution in [2.75, 3.05) is 25.0 Å². The first-order chi connectivity index (χ1) is 13.8. The van der Waals surface area contributed by atoms with Gasteiger partial charge in [-0.25, -0.2) is 9.97 Å². The molecule has 0 spiro atoms. The molecule has 0 unspecified atom stereocenters. The van der Waals surface area contributed by atoms with E-state index in [9.17, 15) is 0 Å². The quantitative estimate of drug-likeness (QED) is 0.424. The fourth-order valence-corrected chi connectivity index (χ4v) is 5.98. The third-order valence-electron chi connectivity index (χ3n) is 5.51. The summed E-state index contributed by atoms with van der Waals surface area (Å²) in [4.78, 5) is 14.3. The van der Waals surface area contributed by atoms with Crippen molar-refractivity contribution in [1.29, 1.82) is 0 Å². The molecular weight excluding hydrogens is 384 g/mol. The molecule has 0 amide bonds. The Morgan fingerprint density at radius 2 is 2.18 bits per heavy atom. The molecular formula is C22H24N4S2. The van der Waals surface area contributed by atoms with Gasteiger partial charge in [0.25, 0.3) is 0 Å². The highest BCUT2D eigenvalue weighted by molar-refractivity contribution is 7.18. The summed E-state index contributed by atoms with van der Waals surface area (Å²) in [7, 11) is 0. The molecule has 28 heavy (non-hydrogen) atoms. The second-order valence-corrected chi connectivity index (χ2v) is 9.47. The van der Waals surface area contributed by atoms with Crippen LogP contribution in [0.25, 0.3) is 20.4 Å². The van der Waals surface area contributed by atoms with Crippen molar-refractivity contribution < 1.29 is 0 Å². The van der Waals surface area contributed by atoms with Gasteiger partial charge < -0.3 is 10.2 Å². The minimum atomic E-state index is 0.638. The van der Waals surface area contributed by atoms with Crippen molar-refractivity contribution in [3.8, 4) is 0 Å². The normalized spacial score (nSPS) is 18.1. The molecule has 1 atom stereocenters. The van der Waals surface area contributed by atoms with E-state index in [4.69, 9.17) is 0 Å². The van der Waals surface area contributed by atoms with Gasteiger partial charge in [-0.05, 0) is 62.7 Å². The average Bonchev–Trinajstić information content (AvgIpc) is 3.35. The number of rotatable bonds is 5. The van der Waals surface area contributed by atoms with Crippen LogP contribution in [0, 0.1) is 0 Å². The molecule has 1 N–H and O–H groups in total. The molecule has 4 aromatic rings. The number of thiophene rings is 1. The van der Waals surface area contributed by atoms with E-state index in [0.29, 0.717) is 5.92 Å². The second kappa shape index (κ2) is 7.78.